The molecule has 0 aliphatic carbocycles. The number of hydrogen-bond acceptors (Lipinski definition) is 4. The number of alkyl halides is 3. The third-order valence-corrected chi connectivity index (χ3v) is 7.20. The zero-order chi connectivity index (χ0) is 27.4. The van der Waals surface area contributed by atoms with E-state index >= 15 is 0 Å². The Labute approximate surface area is 219 Å². The van der Waals surface area contributed by atoms with Crippen LogP contribution in [0.5, 0.6) is 0 Å². The molecule has 1 aromatic heterocycles. The molecule has 39 heavy (non-hydrogen) atoms. The van der Waals surface area contributed by atoms with Gasteiger partial charge >= 0.3 is 6.18 Å². The number of aromatic nitrogens is 2. The highest BCUT2D eigenvalue weighted by atomic mass is 19.4. The van der Waals surface area contributed by atoms with Gasteiger partial charge in [-0.15, -0.1) is 0 Å². The number of fused-ring (bicyclic) bond motifs is 1. The zero-order valence-electron chi connectivity index (χ0n) is 20.6. The number of nitrogens with zero attached hydrogens (tertiary/aromatic N) is 3. The van der Waals surface area contributed by atoms with Crippen molar-refractivity contribution in [1.82, 2.24) is 9.78 Å². The lowest BCUT2D eigenvalue weighted by Crippen LogP contribution is -2.49. The molecule has 5 nitrogen and oxygen atoms in total. The summed E-state index contributed by atoms with van der Waals surface area (Å²) < 4.78 is 97.2. The van der Waals surface area contributed by atoms with Crippen LogP contribution in [0.15, 0.2) is 54.6 Å². The molecule has 0 radical (unpaired) electrons. The molecule has 2 fully saturated rings. The Balaban J connectivity index is 1.48. The SMILES string of the molecule is Fc1cc(F)c(Cn2nc3c(C(F)(F)F)cccc3c2-c2cccc(N3CCCC4(C3)OCCO4)c2)c(F)c1. The summed E-state index contributed by atoms with van der Waals surface area (Å²) in [6.45, 7) is 1.69. The average Bonchev–Trinajstić information content (AvgIpc) is 3.49. The first kappa shape index (κ1) is 25.7. The summed E-state index contributed by atoms with van der Waals surface area (Å²) in [7, 11) is 0. The van der Waals surface area contributed by atoms with Gasteiger partial charge < -0.3 is 14.4 Å². The molecule has 2 saturated heterocycles. The molecule has 0 amide bonds. The quantitative estimate of drug-likeness (QED) is 0.273. The van der Waals surface area contributed by atoms with E-state index in [0.717, 1.165) is 35.8 Å². The fourth-order valence-electron chi connectivity index (χ4n) is 5.46. The van der Waals surface area contributed by atoms with Crippen LogP contribution in [0.3, 0.4) is 0 Å². The van der Waals surface area contributed by atoms with Crippen LogP contribution in [0.25, 0.3) is 22.2 Å². The third kappa shape index (κ3) is 4.74. The first-order chi connectivity index (χ1) is 18.6. The van der Waals surface area contributed by atoms with Gasteiger partial charge in [0.2, 0.25) is 0 Å². The molecule has 0 unspecified atom stereocenters. The molecule has 11 heteroatoms. The van der Waals surface area contributed by atoms with Crippen molar-refractivity contribution >= 4 is 16.6 Å². The maximum atomic E-state index is 14.6. The topological polar surface area (TPSA) is 39.5 Å². The minimum atomic E-state index is -4.70. The van der Waals surface area contributed by atoms with Crippen molar-refractivity contribution in [2.45, 2.75) is 31.3 Å². The van der Waals surface area contributed by atoms with Crippen molar-refractivity contribution in [1.29, 1.82) is 0 Å². The van der Waals surface area contributed by atoms with Gasteiger partial charge in [-0.2, -0.15) is 18.3 Å². The van der Waals surface area contributed by atoms with Gasteiger partial charge in [-0.05, 0) is 24.6 Å². The lowest BCUT2D eigenvalue weighted by atomic mass is 10.0. The molecule has 204 valence electrons. The highest BCUT2D eigenvalue weighted by Crippen LogP contribution is 2.40. The molecular weight excluding hydrogens is 524 g/mol. The molecule has 3 aromatic carbocycles. The second-order valence-corrected chi connectivity index (χ2v) is 9.74. The Morgan fingerprint density at radius 1 is 0.923 bits per heavy atom. The number of hydrogen-bond donors (Lipinski definition) is 0. The van der Waals surface area contributed by atoms with Crippen molar-refractivity contribution < 1.29 is 35.8 Å². The number of halogens is 6. The highest BCUT2D eigenvalue weighted by Gasteiger charge is 2.41. The van der Waals surface area contributed by atoms with Crippen molar-refractivity contribution in [2.75, 3.05) is 31.2 Å². The number of benzene rings is 3. The largest absolute Gasteiger partial charge is 0.418 e. The fraction of sp³-hybridized carbons (Fsp3) is 0.321. The van der Waals surface area contributed by atoms with Crippen LogP contribution >= 0.6 is 0 Å². The van der Waals surface area contributed by atoms with Crippen molar-refractivity contribution in [3.05, 3.63) is 83.2 Å². The highest BCUT2D eigenvalue weighted by molar-refractivity contribution is 5.96. The number of rotatable bonds is 4. The molecule has 2 aliphatic heterocycles. The lowest BCUT2D eigenvalue weighted by molar-refractivity contribution is -0.161. The molecule has 0 atom stereocenters. The Bertz CT molecular complexity index is 1520. The van der Waals surface area contributed by atoms with E-state index in [2.05, 4.69) is 10.00 Å². The van der Waals surface area contributed by atoms with Crippen molar-refractivity contribution in [3.8, 4) is 11.3 Å². The first-order valence-corrected chi connectivity index (χ1v) is 12.5. The van der Waals surface area contributed by atoms with Gasteiger partial charge in [0.1, 0.15) is 23.0 Å². The van der Waals surface area contributed by atoms with E-state index in [4.69, 9.17) is 9.47 Å². The second-order valence-electron chi connectivity index (χ2n) is 9.74. The maximum Gasteiger partial charge on any atom is 0.418 e. The van der Waals surface area contributed by atoms with E-state index in [0.29, 0.717) is 37.5 Å². The van der Waals surface area contributed by atoms with Crippen molar-refractivity contribution in [2.24, 2.45) is 0 Å². The van der Waals surface area contributed by atoms with Crippen LogP contribution < -0.4 is 4.90 Å². The van der Waals surface area contributed by atoms with Crippen LogP contribution in [0.4, 0.5) is 32.0 Å². The van der Waals surface area contributed by atoms with Crippen LogP contribution in [-0.2, 0) is 22.2 Å². The third-order valence-electron chi connectivity index (χ3n) is 7.20. The van der Waals surface area contributed by atoms with Crippen LogP contribution in [-0.4, -0.2) is 41.9 Å². The van der Waals surface area contributed by atoms with Crippen LogP contribution in [0.1, 0.15) is 24.0 Å². The van der Waals surface area contributed by atoms with Gasteiger partial charge in [-0.25, -0.2) is 13.2 Å². The molecular formula is C28H23F6N3O2. The van der Waals surface area contributed by atoms with E-state index in [1.54, 1.807) is 18.2 Å². The molecule has 0 N–H and O–H groups in total. The van der Waals surface area contributed by atoms with E-state index in [-0.39, 0.29) is 16.6 Å². The van der Waals surface area contributed by atoms with E-state index in [1.807, 2.05) is 6.07 Å². The summed E-state index contributed by atoms with van der Waals surface area (Å²) in [5.41, 5.74) is -0.282. The zero-order valence-corrected chi connectivity index (χ0v) is 20.6. The molecule has 2 aliphatic rings. The standard InChI is InChI=1S/C28H23F6N3O2/c29-18-13-23(30)21(24(31)14-18)15-37-26(20-6-2-7-22(25(20)35-37)28(32,33)34)17-4-1-5-19(12-17)36-9-3-8-27(16-36)38-10-11-39-27/h1-2,4-7,12-14H,3,8-11,15-16H2. The van der Waals surface area contributed by atoms with Gasteiger partial charge in [0.05, 0.1) is 37.6 Å². The number of anilines is 1. The predicted molar refractivity (Wildman–Crippen MR) is 132 cm³/mol. The second kappa shape index (κ2) is 9.56. The Morgan fingerprint density at radius 3 is 2.36 bits per heavy atom. The van der Waals surface area contributed by atoms with Crippen LogP contribution in [0.2, 0.25) is 0 Å². The summed E-state index contributed by atoms with van der Waals surface area (Å²) in [5, 5.41) is 4.34. The average molecular weight is 547 g/mol. The smallest absolute Gasteiger partial charge is 0.366 e. The summed E-state index contributed by atoms with van der Waals surface area (Å²) in [5.74, 6) is -4.10. The normalized spacial score (nSPS) is 17.4. The minimum absolute atomic E-state index is 0.169. The lowest BCUT2D eigenvalue weighted by Gasteiger charge is -2.39. The Kier molecular flexibility index (Phi) is 6.30. The van der Waals surface area contributed by atoms with Gasteiger partial charge in [0.25, 0.3) is 0 Å². The number of piperidine rings is 1. The van der Waals surface area contributed by atoms with Crippen LogP contribution in [0, 0.1) is 17.5 Å². The minimum Gasteiger partial charge on any atom is -0.366 e. The van der Waals surface area contributed by atoms with Gasteiger partial charge in [0, 0.05) is 47.3 Å². The van der Waals surface area contributed by atoms with Crippen molar-refractivity contribution in [3.63, 3.8) is 0 Å². The molecule has 0 saturated carbocycles. The molecule has 4 aromatic rings. The fourth-order valence-corrected chi connectivity index (χ4v) is 5.46. The van der Waals surface area contributed by atoms with E-state index < -0.39 is 47.1 Å². The summed E-state index contributed by atoms with van der Waals surface area (Å²) in [6.07, 6.45) is -3.12. The monoisotopic (exact) mass is 547 g/mol. The predicted octanol–water partition coefficient (Wildman–Crippen LogP) is 6.53. The summed E-state index contributed by atoms with van der Waals surface area (Å²) in [6, 6.07) is 11.9. The maximum absolute atomic E-state index is 14.6. The number of ether oxygens (including phenoxy) is 2. The first-order valence-electron chi connectivity index (χ1n) is 12.5. The molecule has 0 bridgehead atoms. The van der Waals surface area contributed by atoms with Gasteiger partial charge in [-0.3, -0.25) is 4.68 Å². The molecule has 6 rings (SSSR count). The van der Waals surface area contributed by atoms with Gasteiger partial charge in [-0.1, -0.05) is 24.3 Å². The summed E-state index contributed by atoms with van der Waals surface area (Å²) in [4.78, 5) is 2.08. The molecule has 3 heterocycles. The molecule has 1 spiro atoms. The Morgan fingerprint density at radius 2 is 1.64 bits per heavy atom. The Hall–Kier alpha value is -3.57. The van der Waals surface area contributed by atoms with E-state index in [9.17, 15) is 26.3 Å². The van der Waals surface area contributed by atoms with Gasteiger partial charge in [0.15, 0.2) is 5.79 Å². The summed E-state index contributed by atoms with van der Waals surface area (Å²) >= 11 is 0. The van der Waals surface area contributed by atoms with E-state index in [1.165, 1.54) is 12.1 Å².